The number of likely N-dealkylation sites (tertiary alicyclic amines) is 1. The van der Waals surface area contributed by atoms with Gasteiger partial charge >= 0.3 is 11.8 Å². The van der Waals surface area contributed by atoms with Crippen LogP contribution in [0, 0.1) is 5.92 Å². The normalized spacial score (nSPS) is 15.7. The van der Waals surface area contributed by atoms with E-state index in [-0.39, 0.29) is 0 Å². The molecule has 1 aliphatic heterocycles. The van der Waals surface area contributed by atoms with E-state index in [0.717, 1.165) is 19.3 Å². The van der Waals surface area contributed by atoms with Gasteiger partial charge in [0.15, 0.2) is 0 Å². The van der Waals surface area contributed by atoms with Crippen molar-refractivity contribution in [3.05, 3.63) is 60.2 Å². The number of piperidine rings is 1. The molecular formula is C20H23N3O4S. The number of amides is 2. The number of benzene rings is 2. The predicted octanol–water partition coefficient (Wildman–Crippen LogP) is 2.66. The minimum Gasteiger partial charge on any atom is -0.334 e. The van der Waals surface area contributed by atoms with E-state index >= 15 is 0 Å². The highest BCUT2D eigenvalue weighted by molar-refractivity contribution is 7.80. The van der Waals surface area contributed by atoms with E-state index in [9.17, 15) is 13.8 Å². The Labute approximate surface area is 166 Å². The van der Waals surface area contributed by atoms with Gasteiger partial charge in [-0.15, -0.1) is 0 Å². The summed E-state index contributed by atoms with van der Waals surface area (Å²) in [6.45, 7) is 1.16. The van der Waals surface area contributed by atoms with Gasteiger partial charge < -0.3 is 10.2 Å². The summed E-state index contributed by atoms with van der Waals surface area (Å²) in [6, 6.07) is 16.5. The van der Waals surface area contributed by atoms with Gasteiger partial charge in [0.2, 0.25) is 0 Å². The molecule has 2 amide bonds. The third kappa shape index (κ3) is 5.64. The minimum absolute atomic E-state index is 0.436. The monoisotopic (exact) mass is 401 g/mol. The van der Waals surface area contributed by atoms with Crippen LogP contribution < -0.4 is 10.0 Å². The number of anilines is 2. The topological polar surface area (TPSA) is 98.7 Å². The molecule has 7 nitrogen and oxygen atoms in total. The van der Waals surface area contributed by atoms with Crippen LogP contribution in [0.4, 0.5) is 11.4 Å². The lowest BCUT2D eigenvalue weighted by molar-refractivity contribution is -0.144. The second-order valence-electron chi connectivity index (χ2n) is 6.81. The summed E-state index contributed by atoms with van der Waals surface area (Å²) in [5.74, 6) is -0.684. The lowest BCUT2D eigenvalue weighted by atomic mass is 9.90. The molecule has 2 aromatic rings. The Kier molecular flexibility index (Phi) is 6.78. The molecule has 28 heavy (non-hydrogen) atoms. The van der Waals surface area contributed by atoms with Crippen LogP contribution >= 0.6 is 0 Å². The Morgan fingerprint density at radius 2 is 1.61 bits per heavy atom. The number of rotatable bonds is 5. The third-order valence-corrected chi connectivity index (χ3v) is 5.22. The van der Waals surface area contributed by atoms with E-state index in [0.29, 0.717) is 30.4 Å². The van der Waals surface area contributed by atoms with Crippen molar-refractivity contribution < 1.29 is 18.4 Å². The van der Waals surface area contributed by atoms with Crippen LogP contribution in [0.1, 0.15) is 18.4 Å². The van der Waals surface area contributed by atoms with Gasteiger partial charge in [-0.2, -0.15) is 0 Å². The first kappa shape index (κ1) is 20.0. The van der Waals surface area contributed by atoms with Gasteiger partial charge in [-0.1, -0.05) is 30.3 Å². The molecule has 1 fully saturated rings. The zero-order valence-corrected chi connectivity index (χ0v) is 16.2. The van der Waals surface area contributed by atoms with Gasteiger partial charge in [0.25, 0.3) is 11.3 Å². The molecule has 148 valence electrons. The molecule has 1 heterocycles. The number of carbonyl (C=O) groups is 2. The van der Waals surface area contributed by atoms with Gasteiger partial charge in [-0.3, -0.25) is 18.9 Å². The van der Waals surface area contributed by atoms with E-state index in [1.54, 1.807) is 29.2 Å². The highest BCUT2D eigenvalue weighted by Crippen LogP contribution is 2.22. The zero-order chi connectivity index (χ0) is 19.9. The molecule has 0 spiro atoms. The van der Waals surface area contributed by atoms with E-state index in [4.69, 9.17) is 4.55 Å². The Balaban J connectivity index is 1.47. The molecular weight excluding hydrogens is 378 g/mol. The predicted molar refractivity (Wildman–Crippen MR) is 109 cm³/mol. The van der Waals surface area contributed by atoms with Crippen LogP contribution in [0.2, 0.25) is 0 Å². The molecule has 0 bridgehead atoms. The second kappa shape index (κ2) is 9.48. The molecule has 8 heteroatoms. The molecule has 1 saturated heterocycles. The van der Waals surface area contributed by atoms with E-state index < -0.39 is 23.1 Å². The van der Waals surface area contributed by atoms with Crippen LogP contribution in [0.25, 0.3) is 0 Å². The Hall–Kier alpha value is -2.71. The summed E-state index contributed by atoms with van der Waals surface area (Å²) in [5.41, 5.74) is 2.19. The van der Waals surface area contributed by atoms with E-state index in [2.05, 4.69) is 22.2 Å². The largest absolute Gasteiger partial charge is 0.334 e. The highest BCUT2D eigenvalue weighted by Gasteiger charge is 2.27. The SMILES string of the molecule is O=C(Nc1ccc(NS(=O)O)cc1)C(=O)N1CCC(Cc2ccccc2)CC1. The van der Waals surface area contributed by atoms with Crippen molar-refractivity contribution in [1.29, 1.82) is 0 Å². The number of nitrogens with zero attached hydrogens (tertiary/aromatic N) is 1. The van der Waals surface area contributed by atoms with Crippen molar-refractivity contribution in [2.24, 2.45) is 5.92 Å². The van der Waals surface area contributed by atoms with Crippen molar-refractivity contribution in [3.8, 4) is 0 Å². The van der Waals surface area contributed by atoms with Gasteiger partial charge in [0, 0.05) is 24.5 Å². The second-order valence-corrected chi connectivity index (χ2v) is 7.51. The molecule has 2 aromatic carbocycles. The van der Waals surface area contributed by atoms with E-state index in [1.165, 1.54) is 5.56 Å². The molecule has 1 atom stereocenters. The van der Waals surface area contributed by atoms with Gasteiger partial charge in [0.1, 0.15) is 0 Å². The maximum atomic E-state index is 12.4. The summed E-state index contributed by atoms with van der Waals surface area (Å²) >= 11 is -2.16. The van der Waals surface area contributed by atoms with Crippen LogP contribution in [0.3, 0.4) is 0 Å². The van der Waals surface area contributed by atoms with Crippen LogP contribution in [-0.2, 0) is 27.3 Å². The first-order chi connectivity index (χ1) is 13.5. The molecule has 0 aliphatic carbocycles. The summed E-state index contributed by atoms with van der Waals surface area (Å²) in [4.78, 5) is 26.2. The summed E-state index contributed by atoms with van der Waals surface area (Å²) in [5, 5.41) is 2.57. The van der Waals surface area contributed by atoms with Crippen LogP contribution in [0.5, 0.6) is 0 Å². The fourth-order valence-electron chi connectivity index (χ4n) is 3.34. The first-order valence-electron chi connectivity index (χ1n) is 9.13. The van der Waals surface area contributed by atoms with E-state index in [1.807, 2.05) is 18.2 Å². The average molecular weight is 401 g/mol. The lowest BCUT2D eigenvalue weighted by Gasteiger charge is -2.31. The Bertz CT molecular complexity index is 834. The highest BCUT2D eigenvalue weighted by atomic mass is 32.2. The lowest BCUT2D eigenvalue weighted by Crippen LogP contribution is -2.44. The standard InChI is InChI=1S/C20H23N3O4S/c24-19(21-17-6-8-18(9-7-17)22-28(26)27)20(25)23-12-10-16(11-13-23)14-15-4-2-1-3-5-15/h1-9,16,22H,10-14H2,(H,21,24)(H,26,27). The average Bonchev–Trinajstić information content (AvgIpc) is 2.70. The van der Waals surface area contributed by atoms with Gasteiger partial charge in [-0.25, -0.2) is 4.21 Å². The summed E-state index contributed by atoms with van der Waals surface area (Å²) in [7, 11) is 0. The van der Waals surface area contributed by atoms with Gasteiger partial charge in [-0.05, 0) is 55.0 Å². The molecule has 3 N–H and O–H groups in total. The fourth-order valence-corrected chi connectivity index (χ4v) is 3.68. The van der Waals surface area contributed by atoms with Crippen LogP contribution in [0.15, 0.2) is 54.6 Å². The van der Waals surface area contributed by atoms with Crippen molar-refractivity contribution >= 4 is 34.5 Å². The number of nitrogens with one attached hydrogen (secondary N) is 2. The van der Waals surface area contributed by atoms with Crippen molar-refractivity contribution in [2.45, 2.75) is 19.3 Å². The summed E-state index contributed by atoms with van der Waals surface area (Å²) in [6.07, 6.45) is 2.76. The smallest absolute Gasteiger partial charge is 0.313 e. The molecule has 1 aliphatic rings. The number of carbonyl (C=O) groups excluding carboxylic acids is 2. The zero-order valence-electron chi connectivity index (χ0n) is 15.3. The number of hydrogen-bond acceptors (Lipinski definition) is 3. The third-order valence-electron chi connectivity index (χ3n) is 4.81. The molecule has 3 rings (SSSR count). The maximum absolute atomic E-state index is 12.4. The number of hydrogen-bond donors (Lipinski definition) is 3. The maximum Gasteiger partial charge on any atom is 0.313 e. The Morgan fingerprint density at radius 3 is 2.21 bits per heavy atom. The first-order valence-corrected chi connectivity index (χ1v) is 10.2. The van der Waals surface area contributed by atoms with Crippen LogP contribution in [-0.4, -0.2) is 38.6 Å². The molecule has 0 aromatic heterocycles. The minimum atomic E-state index is -2.16. The quantitative estimate of drug-likeness (QED) is 0.530. The van der Waals surface area contributed by atoms with Gasteiger partial charge in [0.05, 0.1) is 0 Å². The van der Waals surface area contributed by atoms with Crippen molar-refractivity contribution in [2.75, 3.05) is 23.1 Å². The molecule has 1 unspecified atom stereocenters. The summed E-state index contributed by atoms with van der Waals surface area (Å²) < 4.78 is 21.8. The van der Waals surface area contributed by atoms with Crippen molar-refractivity contribution in [1.82, 2.24) is 4.90 Å². The fraction of sp³-hybridized carbons (Fsp3) is 0.300. The molecule has 0 radical (unpaired) electrons. The Morgan fingerprint density at radius 1 is 1.00 bits per heavy atom. The van der Waals surface area contributed by atoms with Crippen molar-refractivity contribution in [3.63, 3.8) is 0 Å². The molecule has 0 saturated carbocycles.